The van der Waals surface area contributed by atoms with Crippen LogP contribution in [0.15, 0.2) is 17.4 Å². The lowest BCUT2D eigenvalue weighted by atomic mass is 10.0. The molecule has 0 saturated carbocycles. The zero-order chi connectivity index (χ0) is 15.4. The molecule has 1 aliphatic heterocycles. The fourth-order valence-electron chi connectivity index (χ4n) is 2.69. The Kier molecular flexibility index (Phi) is 4.56. The summed E-state index contributed by atoms with van der Waals surface area (Å²) in [4.78, 5) is 16.9. The van der Waals surface area contributed by atoms with Gasteiger partial charge in [0.1, 0.15) is 0 Å². The predicted molar refractivity (Wildman–Crippen MR) is 78.6 cm³/mol. The van der Waals surface area contributed by atoms with E-state index in [4.69, 9.17) is 10.9 Å². The highest BCUT2D eigenvalue weighted by Crippen LogP contribution is 2.32. The van der Waals surface area contributed by atoms with Crippen molar-refractivity contribution in [1.29, 1.82) is 0 Å². The van der Waals surface area contributed by atoms with Crippen molar-refractivity contribution in [3.63, 3.8) is 0 Å². The molecule has 1 unspecified atom stereocenters. The van der Waals surface area contributed by atoms with Crippen LogP contribution in [0.2, 0.25) is 0 Å². The summed E-state index contributed by atoms with van der Waals surface area (Å²) < 4.78 is 0. The van der Waals surface area contributed by atoms with Gasteiger partial charge in [-0.25, -0.2) is 4.98 Å². The first kappa shape index (κ1) is 15.0. The summed E-state index contributed by atoms with van der Waals surface area (Å²) in [7, 11) is 0. The van der Waals surface area contributed by atoms with Gasteiger partial charge in [0.25, 0.3) is 0 Å². The van der Waals surface area contributed by atoms with E-state index >= 15 is 0 Å². The predicted octanol–water partition coefficient (Wildman–Crippen LogP) is 1.71. The third kappa shape index (κ3) is 3.21. The number of nitrogens with zero attached hydrogens (tertiary/aromatic N) is 4. The number of amidine groups is 1. The Bertz CT molecular complexity index is 561. The minimum atomic E-state index is -0.483. The number of oxime groups is 1. The summed E-state index contributed by atoms with van der Waals surface area (Å²) in [5, 5.41) is 22.7. The minimum Gasteiger partial charge on any atom is -0.409 e. The van der Waals surface area contributed by atoms with Crippen LogP contribution in [-0.4, -0.2) is 34.0 Å². The van der Waals surface area contributed by atoms with E-state index in [1.54, 1.807) is 0 Å². The second-order valence-corrected chi connectivity index (χ2v) is 5.20. The maximum atomic E-state index is 11.2. The molecule has 1 aromatic rings. The minimum absolute atomic E-state index is 0.115. The number of pyridine rings is 1. The van der Waals surface area contributed by atoms with Crippen LogP contribution in [0, 0.1) is 16.0 Å². The second kappa shape index (κ2) is 6.38. The molecule has 0 aromatic carbocycles. The molecule has 0 spiro atoms. The molecule has 8 heteroatoms. The first-order chi connectivity index (χ1) is 10.1. The molecule has 0 bridgehead atoms. The van der Waals surface area contributed by atoms with Crippen LogP contribution in [0.5, 0.6) is 0 Å². The Balaban J connectivity index is 2.30. The number of aromatic nitrogens is 1. The molecule has 1 aliphatic rings. The number of hydrogen-bond donors (Lipinski definition) is 2. The summed E-state index contributed by atoms with van der Waals surface area (Å²) in [6.45, 7) is 3.68. The molecule has 0 amide bonds. The van der Waals surface area contributed by atoms with E-state index in [9.17, 15) is 10.1 Å². The standard InChI is InChI=1S/C13H19N5O3/c1-2-3-9-4-5-17(8-9)13-11(18(20)21)6-10(7-15-13)12(14)16-19/h6-7,9,19H,2-5,8H2,1H3,(H2,14,16). The van der Waals surface area contributed by atoms with Gasteiger partial charge in [0.05, 0.1) is 4.92 Å². The van der Waals surface area contributed by atoms with Crippen LogP contribution in [0.3, 0.4) is 0 Å². The van der Waals surface area contributed by atoms with Crippen molar-refractivity contribution in [3.05, 3.63) is 27.9 Å². The highest BCUT2D eigenvalue weighted by atomic mass is 16.6. The van der Waals surface area contributed by atoms with E-state index in [0.29, 0.717) is 11.7 Å². The Hall–Kier alpha value is -2.38. The number of hydrogen-bond acceptors (Lipinski definition) is 6. The molecule has 1 atom stereocenters. The van der Waals surface area contributed by atoms with E-state index in [1.807, 2.05) is 4.90 Å². The maximum absolute atomic E-state index is 11.2. The quantitative estimate of drug-likeness (QED) is 0.280. The van der Waals surface area contributed by atoms with Gasteiger partial charge < -0.3 is 15.8 Å². The fraction of sp³-hybridized carbons (Fsp3) is 0.538. The van der Waals surface area contributed by atoms with Crippen molar-refractivity contribution >= 4 is 17.3 Å². The highest BCUT2D eigenvalue weighted by molar-refractivity contribution is 5.97. The Labute approximate surface area is 122 Å². The zero-order valence-corrected chi connectivity index (χ0v) is 11.9. The number of rotatable bonds is 5. The molecule has 0 aliphatic carbocycles. The van der Waals surface area contributed by atoms with Crippen molar-refractivity contribution in [2.45, 2.75) is 26.2 Å². The van der Waals surface area contributed by atoms with Crippen LogP contribution >= 0.6 is 0 Å². The van der Waals surface area contributed by atoms with Crippen LogP contribution in [-0.2, 0) is 0 Å². The van der Waals surface area contributed by atoms with E-state index in [-0.39, 0.29) is 17.1 Å². The molecule has 2 rings (SSSR count). The third-order valence-electron chi connectivity index (χ3n) is 3.73. The van der Waals surface area contributed by atoms with E-state index in [2.05, 4.69) is 17.1 Å². The van der Waals surface area contributed by atoms with Crippen LogP contribution in [0.4, 0.5) is 11.5 Å². The molecule has 21 heavy (non-hydrogen) atoms. The number of anilines is 1. The number of nitrogens with two attached hydrogens (primary N) is 1. The average molecular weight is 293 g/mol. The van der Waals surface area contributed by atoms with Gasteiger partial charge in [0.2, 0.25) is 5.82 Å². The maximum Gasteiger partial charge on any atom is 0.312 e. The normalized spacial score (nSPS) is 19.0. The van der Waals surface area contributed by atoms with Gasteiger partial charge in [-0.1, -0.05) is 18.5 Å². The lowest BCUT2D eigenvalue weighted by molar-refractivity contribution is -0.384. The Morgan fingerprint density at radius 1 is 1.71 bits per heavy atom. The molecule has 1 saturated heterocycles. The first-order valence-electron chi connectivity index (χ1n) is 6.94. The zero-order valence-electron chi connectivity index (χ0n) is 11.9. The van der Waals surface area contributed by atoms with E-state index < -0.39 is 4.92 Å². The second-order valence-electron chi connectivity index (χ2n) is 5.20. The van der Waals surface area contributed by atoms with Gasteiger partial charge in [-0.15, -0.1) is 0 Å². The highest BCUT2D eigenvalue weighted by Gasteiger charge is 2.29. The molecule has 8 nitrogen and oxygen atoms in total. The Morgan fingerprint density at radius 3 is 3.10 bits per heavy atom. The smallest absolute Gasteiger partial charge is 0.312 e. The lowest BCUT2D eigenvalue weighted by Gasteiger charge is -2.17. The van der Waals surface area contributed by atoms with Crippen LogP contribution in [0.25, 0.3) is 0 Å². The average Bonchev–Trinajstić information content (AvgIpc) is 2.94. The summed E-state index contributed by atoms with van der Waals surface area (Å²) in [6, 6.07) is 1.30. The molecule has 1 aromatic heterocycles. The van der Waals surface area contributed by atoms with Crippen molar-refractivity contribution in [2.24, 2.45) is 16.8 Å². The molecule has 114 valence electrons. The molecule has 0 radical (unpaired) electrons. The van der Waals surface area contributed by atoms with Crippen molar-refractivity contribution in [1.82, 2.24) is 4.98 Å². The van der Waals surface area contributed by atoms with Gasteiger partial charge >= 0.3 is 5.69 Å². The molecular weight excluding hydrogens is 274 g/mol. The van der Waals surface area contributed by atoms with Gasteiger partial charge in [-0.2, -0.15) is 0 Å². The molecule has 3 N–H and O–H groups in total. The van der Waals surface area contributed by atoms with Gasteiger partial charge in [0, 0.05) is 30.9 Å². The van der Waals surface area contributed by atoms with E-state index in [0.717, 1.165) is 32.4 Å². The largest absolute Gasteiger partial charge is 0.409 e. The third-order valence-corrected chi connectivity index (χ3v) is 3.73. The van der Waals surface area contributed by atoms with Crippen molar-refractivity contribution in [3.8, 4) is 0 Å². The fourth-order valence-corrected chi connectivity index (χ4v) is 2.69. The van der Waals surface area contributed by atoms with E-state index in [1.165, 1.54) is 12.3 Å². The van der Waals surface area contributed by atoms with Gasteiger partial charge in [0.15, 0.2) is 5.84 Å². The molecule has 2 heterocycles. The number of nitro groups is 1. The van der Waals surface area contributed by atoms with Crippen molar-refractivity contribution in [2.75, 3.05) is 18.0 Å². The van der Waals surface area contributed by atoms with Gasteiger partial charge in [-0.05, 0) is 18.8 Å². The molecular formula is C13H19N5O3. The summed E-state index contributed by atoms with van der Waals surface area (Å²) in [5.41, 5.74) is 5.57. The van der Waals surface area contributed by atoms with Crippen LogP contribution < -0.4 is 10.6 Å². The monoisotopic (exact) mass is 293 g/mol. The van der Waals surface area contributed by atoms with Crippen LogP contribution in [0.1, 0.15) is 31.7 Å². The summed E-state index contributed by atoms with van der Waals surface area (Å²) >= 11 is 0. The Morgan fingerprint density at radius 2 is 2.48 bits per heavy atom. The lowest BCUT2D eigenvalue weighted by Crippen LogP contribution is -2.23. The first-order valence-corrected chi connectivity index (χ1v) is 6.94. The van der Waals surface area contributed by atoms with Crippen molar-refractivity contribution < 1.29 is 10.1 Å². The van der Waals surface area contributed by atoms with Gasteiger partial charge in [-0.3, -0.25) is 10.1 Å². The molecule has 1 fully saturated rings. The SMILES string of the molecule is CCCC1CCN(c2ncc(C(N)=NO)cc2[N+](=O)[O-])C1. The topological polar surface area (TPSA) is 118 Å². The summed E-state index contributed by atoms with van der Waals surface area (Å²) in [5.74, 6) is 0.718. The summed E-state index contributed by atoms with van der Waals surface area (Å²) in [6.07, 6.45) is 4.64.